The lowest BCUT2D eigenvalue weighted by molar-refractivity contribution is 0.0929. The Balaban J connectivity index is 1.48. The molecule has 7 nitrogen and oxygen atoms in total. The maximum atomic E-state index is 12.5. The Morgan fingerprint density at radius 3 is 3.20 bits per heavy atom. The van der Waals surface area contributed by atoms with Crippen molar-refractivity contribution in [3.05, 3.63) is 47.3 Å². The second kappa shape index (κ2) is 6.33. The number of aliphatic hydroxyl groups is 1. The predicted molar refractivity (Wildman–Crippen MR) is 93.4 cm³/mol. The van der Waals surface area contributed by atoms with Crippen LogP contribution in [0.1, 0.15) is 34.1 Å². The van der Waals surface area contributed by atoms with Crippen LogP contribution in [-0.2, 0) is 19.4 Å². The van der Waals surface area contributed by atoms with Crippen molar-refractivity contribution in [3.63, 3.8) is 0 Å². The molecule has 130 valence electrons. The monoisotopic (exact) mass is 339 g/mol. The number of fused-ring (bicyclic) bond motifs is 2. The number of nitrogens with zero attached hydrogens (tertiary/aromatic N) is 3. The van der Waals surface area contributed by atoms with Crippen LogP contribution in [0.4, 0.5) is 0 Å². The van der Waals surface area contributed by atoms with Crippen molar-refractivity contribution in [2.24, 2.45) is 0 Å². The molecule has 7 heteroatoms. The molecule has 1 aliphatic carbocycles. The van der Waals surface area contributed by atoms with E-state index in [0.717, 1.165) is 41.8 Å². The van der Waals surface area contributed by atoms with Crippen LogP contribution in [0.25, 0.3) is 11.0 Å². The summed E-state index contributed by atoms with van der Waals surface area (Å²) >= 11 is 0. The summed E-state index contributed by atoms with van der Waals surface area (Å²) in [6, 6.07) is 5.67. The minimum Gasteiger partial charge on any atom is -0.395 e. The van der Waals surface area contributed by atoms with Gasteiger partial charge in [-0.1, -0.05) is 0 Å². The minimum atomic E-state index is -0.113. The fourth-order valence-electron chi connectivity index (χ4n) is 3.62. The standard InChI is InChI=1S/C18H21N5O2/c1-11-20-14-10-13(4-5-16(14)23(11)7-8-24)21-18(25)15-9-12-3-2-6-19-17(12)22-15/h2-3,6,9,13,24H,4-5,7-8,10H2,1H3,(H,19,22)(H,21,25). The van der Waals surface area contributed by atoms with Crippen molar-refractivity contribution in [3.8, 4) is 0 Å². The Morgan fingerprint density at radius 1 is 1.52 bits per heavy atom. The van der Waals surface area contributed by atoms with Crippen LogP contribution in [0, 0.1) is 6.92 Å². The van der Waals surface area contributed by atoms with E-state index in [0.29, 0.717) is 12.2 Å². The summed E-state index contributed by atoms with van der Waals surface area (Å²) in [5.74, 6) is 0.811. The molecule has 0 spiro atoms. The molecule has 1 amide bonds. The number of hydrogen-bond donors (Lipinski definition) is 3. The molecule has 0 aliphatic heterocycles. The van der Waals surface area contributed by atoms with Gasteiger partial charge in [0, 0.05) is 36.3 Å². The number of pyridine rings is 1. The zero-order chi connectivity index (χ0) is 17.4. The van der Waals surface area contributed by atoms with Gasteiger partial charge in [0.15, 0.2) is 0 Å². The van der Waals surface area contributed by atoms with Gasteiger partial charge in [-0.15, -0.1) is 0 Å². The fourth-order valence-corrected chi connectivity index (χ4v) is 3.62. The fraction of sp³-hybridized carbons (Fsp3) is 0.389. The molecule has 25 heavy (non-hydrogen) atoms. The molecule has 3 heterocycles. The summed E-state index contributed by atoms with van der Waals surface area (Å²) < 4.78 is 2.08. The summed E-state index contributed by atoms with van der Waals surface area (Å²) in [5.41, 5.74) is 3.46. The van der Waals surface area contributed by atoms with Gasteiger partial charge in [-0.3, -0.25) is 4.79 Å². The molecule has 0 radical (unpaired) electrons. The van der Waals surface area contributed by atoms with Crippen molar-refractivity contribution in [1.29, 1.82) is 0 Å². The number of amides is 1. The summed E-state index contributed by atoms with van der Waals surface area (Å²) in [4.78, 5) is 24.4. The molecular formula is C18H21N5O2. The molecule has 1 atom stereocenters. The Bertz CT molecular complexity index is 894. The molecule has 0 aromatic carbocycles. The normalized spacial score (nSPS) is 16.8. The van der Waals surface area contributed by atoms with E-state index in [1.807, 2.05) is 25.1 Å². The molecule has 4 rings (SSSR count). The third kappa shape index (κ3) is 2.91. The van der Waals surface area contributed by atoms with E-state index in [2.05, 4.69) is 24.8 Å². The van der Waals surface area contributed by atoms with E-state index >= 15 is 0 Å². The summed E-state index contributed by atoms with van der Waals surface area (Å²) in [5, 5.41) is 13.2. The average Bonchev–Trinajstić information content (AvgIpc) is 3.16. The van der Waals surface area contributed by atoms with Crippen LogP contribution in [0.2, 0.25) is 0 Å². The van der Waals surface area contributed by atoms with Crippen LogP contribution in [-0.4, -0.2) is 43.2 Å². The van der Waals surface area contributed by atoms with E-state index in [-0.39, 0.29) is 18.6 Å². The number of carbonyl (C=O) groups excluding carboxylic acids is 1. The Morgan fingerprint density at radius 2 is 2.40 bits per heavy atom. The van der Waals surface area contributed by atoms with Crippen molar-refractivity contribution >= 4 is 16.9 Å². The number of carbonyl (C=O) groups is 1. The average molecular weight is 339 g/mol. The summed E-state index contributed by atoms with van der Waals surface area (Å²) in [6.45, 7) is 2.64. The highest BCUT2D eigenvalue weighted by molar-refractivity contribution is 5.97. The number of H-pyrrole nitrogens is 1. The second-order valence-electron chi connectivity index (χ2n) is 6.47. The van der Waals surface area contributed by atoms with E-state index < -0.39 is 0 Å². The highest BCUT2D eigenvalue weighted by Gasteiger charge is 2.26. The van der Waals surface area contributed by atoms with E-state index in [1.54, 1.807) is 6.20 Å². The largest absolute Gasteiger partial charge is 0.395 e. The first kappa shape index (κ1) is 15.8. The van der Waals surface area contributed by atoms with Crippen molar-refractivity contribution in [2.45, 2.75) is 38.8 Å². The molecule has 3 aromatic rings. The van der Waals surface area contributed by atoms with E-state index in [4.69, 9.17) is 0 Å². The number of aryl methyl sites for hydroxylation is 1. The highest BCUT2D eigenvalue weighted by atomic mass is 16.3. The van der Waals surface area contributed by atoms with Crippen LogP contribution >= 0.6 is 0 Å². The highest BCUT2D eigenvalue weighted by Crippen LogP contribution is 2.23. The number of rotatable bonds is 4. The van der Waals surface area contributed by atoms with Gasteiger partial charge in [0.05, 0.1) is 12.3 Å². The Hall–Kier alpha value is -2.67. The van der Waals surface area contributed by atoms with Gasteiger partial charge >= 0.3 is 0 Å². The number of aliphatic hydroxyl groups excluding tert-OH is 1. The Labute approximate surface area is 145 Å². The first-order chi connectivity index (χ1) is 12.2. The van der Waals surface area contributed by atoms with Crippen molar-refractivity contribution < 1.29 is 9.90 Å². The number of aromatic nitrogens is 4. The van der Waals surface area contributed by atoms with Gasteiger partial charge in [-0.05, 0) is 38.0 Å². The van der Waals surface area contributed by atoms with Gasteiger partial charge < -0.3 is 20.0 Å². The maximum absolute atomic E-state index is 12.5. The number of hydrogen-bond acceptors (Lipinski definition) is 4. The first-order valence-electron chi connectivity index (χ1n) is 8.56. The van der Waals surface area contributed by atoms with Gasteiger partial charge in [-0.2, -0.15) is 0 Å². The smallest absolute Gasteiger partial charge is 0.268 e. The zero-order valence-electron chi connectivity index (χ0n) is 14.1. The van der Waals surface area contributed by atoms with Gasteiger partial charge in [-0.25, -0.2) is 9.97 Å². The lowest BCUT2D eigenvalue weighted by atomic mass is 9.95. The lowest BCUT2D eigenvalue weighted by Crippen LogP contribution is -2.39. The molecule has 3 N–H and O–H groups in total. The van der Waals surface area contributed by atoms with Crippen molar-refractivity contribution in [2.75, 3.05) is 6.61 Å². The van der Waals surface area contributed by atoms with Crippen LogP contribution < -0.4 is 5.32 Å². The van der Waals surface area contributed by atoms with Crippen LogP contribution in [0.5, 0.6) is 0 Å². The van der Waals surface area contributed by atoms with E-state index in [9.17, 15) is 9.90 Å². The minimum absolute atomic E-state index is 0.0660. The molecule has 0 saturated heterocycles. The molecule has 3 aromatic heterocycles. The summed E-state index contributed by atoms with van der Waals surface area (Å²) in [7, 11) is 0. The maximum Gasteiger partial charge on any atom is 0.268 e. The Kier molecular flexibility index (Phi) is 4.01. The topological polar surface area (TPSA) is 95.8 Å². The number of aromatic amines is 1. The SMILES string of the molecule is Cc1nc2c(n1CCO)CCC(NC(=O)c1cc3cccnc3[nH]1)C2. The molecule has 0 bridgehead atoms. The molecule has 1 aliphatic rings. The molecule has 0 fully saturated rings. The predicted octanol–water partition coefficient (Wildman–Crippen LogP) is 1.35. The quantitative estimate of drug-likeness (QED) is 0.668. The number of imidazole rings is 1. The van der Waals surface area contributed by atoms with Crippen molar-refractivity contribution in [1.82, 2.24) is 24.8 Å². The first-order valence-corrected chi connectivity index (χ1v) is 8.56. The zero-order valence-corrected chi connectivity index (χ0v) is 14.1. The third-order valence-corrected chi connectivity index (χ3v) is 4.81. The van der Waals surface area contributed by atoms with Crippen LogP contribution in [0.15, 0.2) is 24.4 Å². The molecule has 1 unspecified atom stereocenters. The third-order valence-electron chi connectivity index (χ3n) is 4.81. The summed E-state index contributed by atoms with van der Waals surface area (Å²) in [6.07, 6.45) is 4.15. The van der Waals surface area contributed by atoms with E-state index in [1.165, 1.54) is 5.69 Å². The van der Waals surface area contributed by atoms with Gasteiger partial charge in [0.2, 0.25) is 0 Å². The van der Waals surface area contributed by atoms with Gasteiger partial charge in [0.1, 0.15) is 17.2 Å². The van der Waals surface area contributed by atoms with Gasteiger partial charge in [0.25, 0.3) is 5.91 Å². The lowest BCUT2D eigenvalue weighted by Gasteiger charge is -2.23. The number of nitrogens with one attached hydrogen (secondary N) is 2. The van der Waals surface area contributed by atoms with Crippen LogP contribution in [0.3, 0.4) is 0 Å². The molecular weight excluding hydrogens is 318 g/mol. The molecule has 0 saturated carbocycles. The second-order valence-corrected chi connectivity index (χ2v) is 6.47.